The van der Waals surface area contributed by atoms with E-state index in [0.717, 1.165) is 19.3 Å². The second kappa shape index (κ2) is 6.06. The molecular weight excluding hydrogens is 255 g/mol. The summed E-state index contributed by atoms with van der Waals surface area (Å²) in [5.41, 5.74) is 6.17. The third kappa shape index (κ3) is 3.37. The zero-order valence-corrected chi connectivity index (χ0v) is 11.6. The molecule has 1 saturated carbocycles. The van der Waals surface area contributed by atoms with Gasteiger partial charge in [-0.3, -0.25) is 4.79 Å². The van der Waals surface area contributed by atoms with Crippen molar-refractivity contribution in [3.8, 4) is 11.8 Å². The van der Waals surface area contributed by atoms with E-state index in [4.69, 9.17) is 5.73 Å². The van der Waals surface area contributed by atoms with E-state index >= 15 is 0 Å². The normalized spacial score (nSPS) is 15.2. The number of hydrogen-bond donors (Lipinski definition) is 2. The maximum atomic E-state index is 13.7. The van der Waals surface area contributed by atoms with Gasteiger partial charge in [0, 0.05) is 12.1 Å². The first kappa shape index (κ1) is 14.5. The highest BCUT2D eigenvalue weighted by molar-refractivity contribution is 5.94. The van der Waals surface area contributed by atoms with E-state index in [1.165, 1.54) is 12.1 Å². The number of carbonyl (C=O) groups excluding carboxylic acids is 1. The van der Waals surface area contributed by atoms with Crippen molar-refractivity contribution in [1.29, 1.82) is 0 Å². The zero-order valence-electron chi connectivity index (χ0n) is 11.6. The Balaban J connectivity index is 2.08. The van der Waals surface area contributed by atoms with Gasteiger partial charge in [0.2, 0.25) is 0 Å². The number of carbonyl (C=O) groups is 1. The average molecular weight is 274 g/mol. The maximum absolute atomic E-state index is 13.7. The molecule has 3 N–H and O–H groups in total. The molecule has 0 radical (unpaired) electrons. The molecular formula is C16H19FN2O. The van der Waals surface area contributed by atoms with Gasteiger partial charge in [0.25, 0.3) is 5.91 Å². The van der Waals surface area contributed by atoms with E-state index < -0.39 is 5.82 Å². The Hall–Kier alpha value is -1.86. The van der Waals surface area contributed by atoms with Crippen LogP contribution in [-0.2, 0) is 0 Å². The lowest BCUT2D eigenvalue weighted by molar-refractivity contribution is 0.0940. The Labute approximate surface area is 118 Å². The van der Waals surface area contributed by atoms with Crippen LogP contribution < -0.4 is 11.1 Å². The van der Waals surface area contributed by atoms with Crippen LogP contribution in [0.15, 0.2) is 18.2 Å². The Morgan fingerprint density at radius 1 is 1.50 bits per heavy atom. The van der Waals surface area contributed by atoms with Crippen molar-refractivity contribution in [2.45, 2.75) is 26.2 Å². The number of halogens is 1. The Morgan fingerprint density at radius 2 is 2.25 bits per heavy atom. The van der Waals surface area contributed by atoms with Gasteiger partial charge in [-0.1, -0.05) is 18.8 Å². The third-order valence-electron chi connectivity index (χ3n) is 3.88. The average Bonchev–Trinajstić information content (AvgIpc) is 3.24. The molecule has 1 aliphatic rings. The van der Waals surface area contributed by atoms with Gasteiger partial charge in [-0.05, 0) is 42.9 Å². The summed E-state index contributed by atoms with van der Waals surface area (Å²) in [5.74, 6) is 4.59. The third-order valence-corrected chi connectivity index (χ3v) is 3.88. The van der Waals surface area contributed by atoms with Crippen LogP contribution in [0.2, 0.25) is 0 Å². The summed E-state index contributed by atoms with van der Waals surface area (Å²) in [5, 5.41) is 2.82. The highest BCUT2D eigenvalue weighted by atomic mass is 19.1. The number of nitrogens with two attached hydrogens (primary N) is 1. The van der Waals surface area contributed by atoms with Crippen molar-refractivity contribution in [3.63, 3.8) is 0 Å². The molecule has 0 atom stereocenters. The van der Waals surface area contributed by atoms with Crippen molar-refractivity contribution in [1.82, 2.24) is 5.32 Å². The van der Waals surface area contributed by atoms with E-state index in [1.54, 1.807) is 6.07 Å². The summed E-state index contributed by atoms with van der Waals surface area (Å²) >= 11 is 0. The van der Waals surface area contributed by atoms with Crippen molar-refractivity contribution in [2.75, 3.05) is 13.1 Å². The monoisotopic (exact) mass is 274 g/mol. The van der Waals surface area contributed by atoms with Gasteiger partial charge in [0.05, 0.1) is 12.1 Å². The Kier molecular flexibility index (Phi) is 4.41. The van der Waals surface area contributed by atoms with Crippen LogP contribution in [0.4, 0.5) is 4.39 Å². The number of benzene rings is 1. The van der Waals surface area contributed by atoms with Gasteiger partial charge >= 0.3 is 0 Å². The van der Waals surface area contributed by atoms with Crippen LogP contribution in [0, 0.1) is 23.1 Å². The van der Waals surface area contributed by atoms with E-state index in [-0.39, 0.29) is 23.4 Å². The molecule has 0 aromatic heterocycles. The summed E-state index contributed by atoms with van der Waals surface area (Å²) in [6, 6.07) is 4.28. The van der Waals surface area contributed by atoms with Crippen LogP contribution in [0.3, 0.4) is 0 Å². The van der Waals surface area contributed by atoms with Crippen LogP contribution in [0.1, 0.15) is 42.1 Å². The van der Waals surface area contributed by atoms with Crippen LogP contribution in [0.25, 0.3) is 0 Å². The quantitative estimate of drug-likeness (QED) is 0.826. The minimum Gasteiger partial charge on any atom is -0.351 e. The van der Waals surface area contributed by atoms with Gasteiger partial charge in [-0.2, -0.15) is 0 Å². The Morgan fingerprint density at radius 3 is 2.85 bits per heavy atom. The standard InChI is InChI=1S/C16H19FN2O/c1-2-16(7-8-16)11-19-15(20)13-10-12(4-3-9-18)5-6-14(13)17/h5-6,10H,2,7-9,11,18H2,1H3,(H,19,20). The van der Waals surface area contributed by atoms with Crippen molar-refractivity contribution >= 4 is 5.91 Å². The molecule has 106 valence electrons. The summed E-state index contributed by atoms with van der Waals surface area (Å²) in [7, 11) is 0. The van der Waals surface area contributed by atoms with E-state index in [0.29, 0.717) is 12.1 Å². The first-order valence-corrected chi connectivity index (χ1v) is 6.87. The molecule has 3 nitrogen and oxygen atoms in total. The number of hydrogen-bond acceptors (Lipinski definition) is 2. The number of rotatable bonds is 4. The molecule has 2 rings (SSSR count). The molecule has 0 spiro atoms. The van der Waals surface area contributed by atoms with Gasteiger partial charge in [0.1, 0.15) is 5.82 Å². The summed E-state index contributed by atoms with van der Waals surface area (Å²) in [6.07, 6.45) is 3.31. The highest BCUT2D eigenvalue weighted by Gasteiger charge is 2.40. The number of nitrogens with one attached hydrogen (secondary N) is 1. The lowest BCUT2D eigenvalue weighted by Gasteiger charge is -2.13. The van der Waals surface area contributed by atoms with E-state index in [9.17, 15) is 9.18 Å². The molecule has 0 aliphatic heterocycles. The molecule has 1 amide bonds. The summed E-state index contributed by atoms with van der Waals surface area (Å²) in [6.45, 7) is 2.96. The topological polar surface area (TPSA) is 55.1 Å². The molecule has 4 heteroatoms. The molecule has 0 heterocycles. The molecule has 1 aliphatic carbocycles. The molecule has 1 fully saturated rings. The molecule has 20 heavy (non-hydrogen) atoms. The largest absolute Gasteiger partial charge is 0.351 e. The lowest BCUT2D eigenvalue weighted by Crippen LogP contribution is -2.30. The van der Waals surface area contributed by atoms with E-state index in [2.05, 4.69) is 24.1 Å². The predicted octanol–water partition coefficient (Wildman–Crippen LogP) is 2.06. The van der Waals surface area contributed by atoms with Gasteiger partial charge < -0.3 is 11.1 Å². The van der Waals surface area contributed by atoms with E-state index in [1.807, 2.05) is 0 Å². The molecule has 1 aromatic rings. The molecule has 0 bridgehead atoms. The smallest absolute Gasteiger partial charge is 0.254 e. The maximum Gasteiger partial charge on any atom is 0.254 e. The highest BCUT2D eigenvalue weighted by Crippen LogP contribution is 2.47. The lowest BCUT2D eigenvalue weighted by atomic mass is 10.0. The van der Waals surface area contributed by atoms with Gasteiger partial charge in [-0.25, -0.2) is 4.39 Å². The number of amides is 1. The second-order valence-corrected chi connectivity index (χ2v) is 5.24. The SMILES string of the molecule is CCC1(CNC(=O)c2cc(C#CCN)ccc2F)CC1. The second-order valence-electron chi connectivity index (χ2n) is 5.24. The summed E-state index contributed by atoms with van der Waals surface area (Å²) < 4.78 is 13.7. The van der Waals surface area contributed by atoms with Gasteiger partial charge in [-0.15, -0.1) is 0 Å². The van der Waals surface area contributed by atoms with Crippen LogP contribution in [-0.4, -0.2) is 19.0 Å². The minimum absolute atomic E-state index is 0.0423. The first-order valence-electron chi connectivity index (χ1n) is 6.87. The fourth-order valence-electron chi connectivity index (χ4n) is 2.13. The molecule has 1 aromatic carbocycles. The molecule has 0 unspecified atom stereocenters. The zero-order chi connectivity index (χ0) is 14.6. The van der Waals surface area contributed by atoms with Crippen molar-refractivity contribution in [3.05, 3.63) is 35.1 Å². The molecule has 0 saturated heterocycles. The van der Waals surface area contributed by atoms with Crippen molar-refractivity contribution < 1.29 is 9.18 Å². The van der Waals surface area contributed by atoms with Crippen molar-refractivity contribution in [2.24, 2.45) is 11.1 Å². The fourth-order valence-corrected chi connectivity index (χ4v) is 2.13. The Bertz CT molecular complexity index is 568. The minimum atomic E-state index is -0.526. The summed E-state index contributed by atoms with van der Waals surface area (Å²) in [4.78, 5) is 12.1. The first-order chi connectivity index (χ1) is 9.60. The van der Waals surface area contributed by atoms with Gasteiger partial charge in [0.15, 0.2) is 0 Å². The fraction of sp³-hybridized carbons (Fsp3) is 0.438. The van der Waals surface area contributed by atoms with Crippen LogP contribution >= 0.6 is 0 Å². The van der Waals surface area contributed by atoms with Crippen LogP contribution in [0.5, 0.6) is 0 Å². The predicted molar refractivity (Wildman–Crippen MR) is 76.6 cm³/mol.